The van der Waals surface area contributed by atoms with Gasteiger partial charge in [-0.05, 0) is 43.9 Å². The lowest BCUT2D eigenvalue weighted by Crippen LogP contribution is -2.33. The summed E-state index contributed by atoms with van der Waals surface area (Å²) in [4.78, 5) is 11.8. The first kappa shape index (κ1) is 19.1. The Kier molecular flexibility index (Phi) is 6.25. The summed E-state index contributed by atoms with van der Waals surface area (Å²) in [7, 11) is 1.75. The van der Waals surface area contributed by atoms with E-state index in [4.69, 9.17) is 9.72 Å². The number of rotatable bonds is 7. The molecule has 0 aliphatic carbocycles. The molecule has 0 spiro atoms. The molecular weight excluding hydrogens is 338 g/mol. The van der Waals surface area contributed by atoms with Crippen LogP contribution in [0, 0.1) is 18.3 Å². The number of nitrogens with one attached hydrogen (secondary N) is 1. The van der Waals surface area contributed by atoms with Crippen molar-refractivity contribution in [1.82, 2.24) is 9.97 Å². The summed E-state index contributed by atoms with van der Waals surface area (Å²) >= 11 is 0. The molecule has 2 heterocycles. The van der Waals surface area contributed by atoms with Crippen LogP contribution in [0.25, 0.3) is 0 Å². The second-order valence-corrected chi connectivity index (χ2v) is 7.00. The molecule has 0 radical (unpaired) electrons. The van der Waals surface area contributed by atoms with E-state index in [1.165, 1.54) is 0 Å². The fourth-order valence-corrected chi connectivity index (χ4v) is 3.52. The summed E-state index contributed by atoms with van der Waals surface area (Å²) < 4.78 is 5.39. The highest BCUT2D eigenvalue weighted by Crippen LogP contribution is 2.27. The van der Waals surface area contributed by atoms with Gasteiger partial charge in [0, 0.05) is 31.1 Å². The lowest BCUT2D eigenvalue weighted by Gasteiger charge is -2.26. The summed E-state index contributed by atoms with van der Waals surface area (Å²) in [6, 6.07) is 10.4. The van der Waals surface area contributed by atoms with Crippen molar-refractivity contribution in [2.75, 3.05) is 30.5 Å². The number of aromatic nitrogens is 2. The molecule has 1 fully saturated rings. The molecule has 1 atom stereocenters. The van der Waals surface area contributed by atoms with E-state index in [1.807, 2.05) is 25.1 Å². The fourth-order valence-electron chi connectivity index (χ4n) is 3.52. The van der Waals surface area contributed by atoms with E-state index >= 15 is 0 Å². The third kappa shape index (κ3) is 4.55. The van der Waals surface area contributed by atoms with Gasteiger partial charge < -0.3 is 15.0 Å². The summed E-state index contributed by atoms with van der Waals surface area (Å²) in [6.07, 6.45) is 4.20. The highest BCUT2D eigenvalue weighted by atomic mass is 16.5. The number of hydrogen-bond donors (Lipinski definition) is 1. The molecule has 6 heteroatoms. The molecule has 142 valence electrons. The lowest BCUT2D eigenvalue weighted by molar-refractivity contribution is 0.180. The molecule has 1 aliphatic rings. The average molecular weight is 365 g/mol. The van der Waals surface area contributed by atoms with Crippen LogP contribution in [0.3, 0.4) is 0 Å². The van der Waals surface area contributed by atoms with Gasteiger partial charge in [-0.15, -0.1) is 0 Å². The Morgan fingerprint density at radius 2 is 2.19 bits per heavy atom. The van der Waals surface area contributed by atoms with E-state index in [2.05, 4.69) is 34.3 Å². The van der Waals surface area contributed by atoms with E-state index < -0.39 is 0 Å². The van der Waals surface area contributed by atoms with Crippen LogP contribution in [0.2, 0.25) is 0 Å². The van der Waals surface area contributed by atoms with Gasteiger partial charge in [-0.25, -0.2) is 4.98 Å². The van der Waals surface area contributed by atoms with E-state index in [0.717, 1.165) is 55.0 Å². The van der Waals surface area contributed by atoms with Crippen LogP contribution in [0.4, 0.5) is 17.5 Å². The third-order valence-electron chi connectivity index (χ3n) is 4.92. The normalized spacial score (nSPS) is 16.4. The minimum absolute atomic E-state index is 0.358. The highest BCUT2D eigenvalue weighted by molar-refractivity contribution is 5.59. The Balaban J connectivity index is 1.91. The Morgan fingerprint density at radius 1 is 1.33 bits per heavy atom. The predicted octanol–water partition coefficient (Wildman–Crippen LogP) is 3.97. The zero-order valence-corrected chi connectivity index (χ0v) is 16.3. The minimum atomic E-state index is 0.358. The molecular formula is C21H27N5O. The topological polar surface area (TPSA) is 74.1 Å². The molecule has 0 amide bonds. The van der Waals surface area contributed by atoms with Crippen molar-refractivity contribution in [3.63, 3.8) is 0 Å². The van der Waals surface area contributed by atoms with Crippen molar-refractivity contribution in [1.29, 1.82) is 5.26 Å². The van der Waals surface area contributed by atoms with E-state index in [1.54, 1.807) is 7.11 Å². The number of nitrogens with zero attached hydrogens (tertiary/aromatic N) is 4. The van der Waals surface area contributed by atoms with Gasteiger partial charge in [0.2, 0.25) is 5.95 Å². The van der Waals surface area contributed by atoms with Gasteiger partial charge in [-0.2, -0.15) is 10.2 Å². The molecule has 1 aromatic heterocycles. The van der Waals surface area contributed by atoms with E-state index in [-0.39, 0.29) is 0 Å². The molecule has 0 saturated carbocycles. The summed E-state index contributed by atoms with van der Waals surface area (Å²) in [5.74, 6) is 1.52. The van der Waals surface area contributed by atoms with Crippen molar-refractivity contribution in [2.24, 2.45) is 0 Å². The summed E-state index contributed by atoms with van der Waals surface area (Å²) in [5, 5.41) is 12.5. The number of anilines is 3. The smallest absolute Gasteiger partial charge is 0.229 e. The van der Waals surface area contributed by atoms with Crippen LogP contribution < -0.4 is 10.2 Å². The maximum absolute atomic E-state index is 9.26. The second kappa shape index (κ2) is 8.83. The van der Waals surface area contributed by atoms with Crippen LogP contribution in [0.5, 0.6) is 0 Å². The van der Waals surface area contributed by atoms with Gasteiger partial charge in [0.15, 0.2) is 0 Å². The second-order valence-electron chi connectivity index (χ2n) is 7.00. The number of methoxy groups -OCH3 is 1. The molecule has 1 N–H and O–H groups in total. The quantitative estimate of drug-likeness (QED) is 0.800. The molecule has 1 aliphatic heterocycles. The third-order valence-corrected chi connectivity index (χ3v) is 4.92. The number of benzene rings is 1. The molecule has 6 nitrogen and oxygen atoms in total. The van der Waals surface area contributed by atoms with Crippen LogP contribution in [0.15, 0.2) is 24.3 Å². The van der Waals surface area contributed by atoms with E-state index in [9.17, 15) is 5.26 Å². The van der Waals surface area contributed by atoms with Gasteiger partial charge >= 0.3 is 0 Å². The van der Waals surface area contributed by atoms with Crippen molar-refractivity contribution in [3.8, 4) is 6.07 Å². The molecule has 1 aromatic carbocycles. The van der Waals surface area contributed by atoms with Gasteiger partial charge in [0.05, 0.1) is 24.3 Å². The molecule has 0 bridgehead atoms. The van der Waals surface area contributed by atoms with Crippen molar-refractivity contribution < 1.29 is 4.74 Å². The Bertz CT molecular complexity index is 830. The summed E-state index contributed by atoms with van der Waals surface area (Å²) in [6.45, 7) is 5.78. The van der Waals surface area contributed by atoms with Gasteiger partial charge in [0.1, 0.15) is 5.82 Å². The van der Waals surface area contributed by atoms with Gasteiger partial charge in [0.25, 0.3) is 0 Å². The van der Waals surface area contributed by atoms with Crippen molar-refractivity contribution in [2.45, 2.75) is 45.6 Å². The number of nitriles is 1. The lowest BCUT2D eigenvalue weighted by atomic mass is 10.1. The zero-order valence-electron chi connectivity index (χ0n) is 16.3. The first-order valence-corrected chi connectivity index (χ1v) is 9.56. The molecule has 2 aromatic rings. The number of aryl methyl sites for hydroxylation is 2. The van der Waals surface area contributed by atoms with Gasteiger partial charge in [-0.1, -0.05) is 19.4 Å². The van der Waals surface area contributed by atoms with Gasteiger partial charge in [-0.3, -0.25) is 0 Å². The van der Waals surface area contributed by atoms with Crippen molar-refractivity contribution >= 4 is 17.5 Å². The number of ether oxygens (including phenoxy) is 1. The molecule has 27 heavy (non-hydrogen) atoms. The fraction of sp³-hybridized carbons (Fsp3) is 0.476. The minimum Gasteiger partial charge on any atom is -0.383 e. The van der Waals surface area contributed by atoms with Crippen LogP contribution in [-0.2, 0) is 11.2 Å². The van der Waals surface area contributed by atoms with Crippen LogP contribution >= 0.6 is 0 Å². The van der Waals surface area contributed by atoms with Crippen LogP contribution in [0.1, 0.15) is 43.0 Å². The highest BCUT2D eigenvalue weighted by Gasteiger charge is 2.26. The molecule has 1 saturated heterocycles. The molecule has 0 unspecified atom stereocenters. The maximum atomic E-state index is 9.26. The largest absolute Gasteiger partial charge is 0.383 e. The zero-order chi connectivity index (χ0) is 19.2. The summed E-state index contributed by atoms with van der Waals surface area (Å²) in [5.41, 5.74) is 3.47. The first-order chi connectivity index (χ1) is 13.1. The standard InChI is InChI=1S/C21H27N5O/c1-4-6-17-12-20(26-10-5-7-19(26)14-27-3)25-21(23-17)24-18-9-8-15(2)16(11-18)13-22/h8-9,11-12,19H,4-7,10,14H2,1-3H3,(H,23,24,25)/t19-/m0/s1. The van der Waals surface area contributed by atoms with Crippen molar-refractivity contribution in [3.05, 3.63) is 41.1 Å². The van der Waals surface area contributed by atoms with Crippen LogP contribution in [-0.4, -0.2) is 36.3 Å². The Labute approximate surface area is 161 Å². The van der Waals surface area contributed by atoms with E-state index in [0.29, 0.717) is 24.2 Å². The predicted molar refractivity (Wildman–Crippen MR) is 107 cm³/mol. The first-order valence-electron chi connectivity index (χ1n) is 9.56. The SMILES string of the molecule is CCCc1cc(N2CCC[C@H]2COC)nc(Nc2ccc(C)c(C#N)c2)n1. The Hall–Kier alpha value is -2.65. The average Bonchev–Trinajstić information content (AvgIpc) is 3.12. The Morgan fingerprint density at radius 3 is 2.93 bits per heavy atom. The number of hydrogen-bond acceptors (Lipinski definition) is 6. The molecule has 3 rings (SSSR count). The maximum Gasteiger partial charge on any atom is 0.229 e. The monoisotopic (exact) mass is 365 g/mol.